The van der Waals surface area contributed by atoms with Gasteiger partial charge in [-0.2, -0.15) is 5.21 Å². The summed E-state index contributed by atoms with van der Waals surface area (Å²) in [7, 11) is 0. The number of carbonyl (C=O) groups is 2. The van der Waals surface area contributed by atoms with Gasteiger partial charge in [0.05, 0.1) is 18.4 Å². The molecule has 14 heavy (non-hydrogen) atoms. The van der Waals surface area contributed by atoms with Crippen molar-refractivity contribution in [2.45, 2.75) is 13.0 Å². The minimum absolute atomic E-state index is 0.0607. The number of hydrogen-bond donors (Lipinski definition) is 1. The van der Waals surface area contributed by atoms with Crippen LogP contribution in [0.3, 0.4) is 0 Å². The summed E-state index contributed by atoms with van der Waals surface area (Å²) in [6, 6.07) is 0. The maximum Gasteiger partial charge on any atom is 0.233 e. The Morgan fingerprint density at radius 2 is 2.07 bits per heavy atom. The molecule has 2 aliphatic rings. The van der Waals surface area contributed by atoms with Crippen LogP contribution in [0, 0.1) is 11.8 Å². The van der Waals surface area contributed by atoms with Gasteiger partial charge >= 0.3 is 0 Å². The molecule has 1 N–H and O–H groups in total. The van der Waals surface area contributed by atoms with Crippen LogP contribution in [0.15, 0.2) is 0 Å². The van der Waals surface area contributed by atoms with Crippen molar-refractivity contribution in [2.24, 2.45) is 11.8 Å². The van der Waals surface area contributed by atoms with Crippen LogP contribution in [-0.2, 0) is 16.1 Å². The maximum atomic E-state index is 11.5. The second-order valence-corrected chi connectivity index (χ2v) is 3.54. The topological polar surface area (TPSA) is 91.8 Å². The number of fused-ring (bicyclic) bond motifs is 1. The number of rotatable bonds is 2. The average Bonchev–Trinajstić information content (AvgIpc) is 2.75. The van der Waals surface area contributed by atoms with Crippen LogP contribution in [0.5, 0.6) is 0 Å². The molecule has 2 fully saturated rings. The highest BCUT2D eigenvalue weighted by atomic mass is 16.2. The van der Waals surface area contributed by atoms with Crippen LogP contribution in [0.1, 0.15) is 12.2 Å². The van der Waals surface area contributed by atoms with Crippen LogP contribution >= 0.6 is 0 Å². The average molecular weight is 193 g/mol. The number of imide groups is 1. The van der Waals surface area contributed by atoms with Gasteiger partial charge < -0.3 is 0 Å². The quantitative estimate of drug-likeness (QED) is 0.589. The first-order valence-corrected chi connectivity index (χ1v) is 4.35. The van der Waals surface area contributed by atoms with E-state index in [1.807, 2.05) is 0 Å². The smallest absolute Gasteiger partial charge is 0.233 e. The van der Waals surface area contributed by atoms with E-state index in [-0.39, 0.29) is 30.2 Å². The van der Waals surface area contributed by atoms with Gasteiger partial charge in [-0.25, -0.2) is 0 Å². The van der Waals surface area contributed by atoms with Crippen molar-refractivity contribution in [3.05, 3.63) is 5.82 Å². The molecule has 1 aliphatic heterocycles. The highest BCUT2D eigenvalue weighted by Crippen LogP contribution is 2.47. The molecule has 0 bridgehead atoms. The number of carbonyl (C=O) groups excluding carboxylic acids is 2. The molecular formula is C7H7N5O2. The van der Waals surface area contributed by atoms with E-state index in [1.165, 1.54) is 4.90 Å². The second-order valence-electron chi connectivity index (χ2n) is 3.54. The van der Waals surface area contributed by atoms with Gasteiger partial charge in [0.15, 0.2) is 5.82 Å². The van der Waals surface area contributed by atoms with Crippen LogP contribution in [-0.4, -0.2) is 37.3 Å². The first kappa shape index (κ1) is 7.60. The molecule has 1 aromatic heterocycles. The molecule has 2 atom stereocenters. The molecule has 3 rings (SSSR count). The van der Waals surface area contributed by atoms with E-state index in [2.05, 4.69) is 20.6 Å². The van der Waals surface area contributed by atoms with E-state index in [4.69, 9.17) is 0 Å². The third-order valence-corrected chi connectivity index (χ3v) is 2.65. The summed E-state index contributed by atoms with van der Waals surface area (Å²) in [5, 5.41) is 13.0. The third kappa shape index (κ3) is 0.889. The predicted octanol–water partition coefficient (Wildman–Crippen LogP) is -1.30. The molecule has 2 heterocycles. The summed E-state index contributed by atoms with van der Waals surface area (Å²) in [6.07, 6.45) is 0.723. The van der Waals surface area contributed by atoms with E-state index in [0.29, 0.717) is 5.82 Å². The predicted molar refractivity (Wildman–Crippen MR) is 41.3 cm³/mol. The molecule has 0 aromatic carbocycles. The highest BCUT2D eigenvalue weighted by Gasteiger charge is 2.58. The number of H-pyrrole nitrogens is 1. The normalized spacial score (nSPS) is 29.6. The number of nitrogens with zero attached hydrogens (tertiary/aromatic N) is 4. The third-order valence-electron chi connectivity index (χ3n) is 2.65. The lowest BCUT2D eigenvalue weighted by Crippen LogP contribution is -2.32. The van der Waals surface area contributed by atoms with E-state index < -0.39 is 0 Å². The van der Waals surface area contributed by atoms with Crippen molar-refractivity contribution in [3.8, 4) is 0 Å². The van der Waals surface area contributed by atoms with Gasteiger partial charge in [-0.3, -0.25) is 14.5 Å². The summed E-state index contributed by atoms with van der Waals surface area (Å²) < 4.78 is 0. The van der Waals surface area contributed by atoms with Gasteiger partial charge in [-0.1, -0.05) is 5.21 Å². The molecule has 0 spiro atoms. The van der Waals surface area contributed by atoms with E-state index in [9.17, 15) is 9.59 Å². The Hall–Kier alpha value is -1.79. The molecular weight excluding hydrogens is 186 g/mol. The Bertz CT molecular complexity index is 380. The first-order chi connectivity index (χ1) is 6.77. The van der Waals surface area contributed by atoms with Crippen molar-refractivity contribution in [1.29, 1.82) is 0 Å². The fraction of sp³-hybridized carbons (Fsp3) is 0.571. The van der Waals surface area contributed by atoms with E-state index >= 15 is 0 Å². The summed E-state index contributed by atoms with van der Waals surface area (Å²) in [6.45, 7) is 0.140. The molecule has 2 unspecified atom stereocenters. The van der Waals surface area contributed by atoms with Crippen molar-refractivity contribution >= 4 is 11.8 Å². The van der Waals surface area contributed by atoms with Crippen molar-refractivity contribution in [3.63, 3.8) is 0 Å². The minimum Gasteiger partial charge on any atom is -0.274 e. The van der Waals surface area contributed by atoms with Gasteiger partial charge in [0.2, 0.25) is 11.8 Å². The number of piperidine rings is 1. The Kier molecular flexibility index (Phi) is 1.29. The van der Waals surface area contributed by atoms with Crippen LogP contribution in [0.25, 0.3) is 0 Å². The largest absolute Gasteiger partial charge is 0.274 e. The molecule has 2 amide bonds. The second kappa shape index (κ2) is 2.37. The number of nitrogens with one attached hydrogen (secondary N) is 1. The van der Waals surface area contributed by atoms with Crippen LogP contribution < -0.4 is 0 Å². The van der Waals surface area contributed by atoms with Gasteiger partial charge in [0.25, 0.3) is 0 Å². The van der Waals surface area contributed by atoms with E-state index in [0.717, 1.165) is 6.42 Å². The van der Waals surface area contributed by atoms with Crippen molar-refractivity contribution in [1.82, 2.24) is 25.5 Å². The lowest BCUT2D eigenvalue weighted by molar-refractivity contribution is -0.142. The lowest BCUT2D eigenvalue weighted by atomic mass is 10.4. The molecule has 7 nitrogen and oxygen atoms in total. The number of likely N-dealkylation sites (tertiary alicyclic amines) is 1. The summed E-state index contributed by atoms with van der Waals surface area (Å²) in [5.41, 5.74) is 0. The summed E-state index contributed by atoms with van der Waals surface area (Å²) in [4.78, 5) is 24.2. The number of amides is 2. The SMILES string of the molecule is O=C1C2CC2C(=O)N1Cc1nn[nH]n1. The molecule has 1 saturated heterocycles. The van der Waals surface area contributed by atoms with Crippen molar-refractivity contribution in [2.75, 3.05) is 0 Å². The summed E-state index contributed by atoms with van der Waals surface area (Å²) in [5.74, 6) is 0.0615. The number of aromatic nitrogens is 4. The fourth-order valence-electron chi connectivity index (χ4n) is 1.80. The Balaban J connectivity index is 1.80. The first-order valence-electron chi connectivity index (χ1n) is 4.35. The monoisotopic (exact) mass is 193 g/mol. The minimum atomic E-state index is -0.0928. The zero-order valence-electron chi connectivity index (χ0n) is 7.17. The molecule has 72 valence electrons. The highest BCUT2D eigenvalue weighted by molar-refractivity contribution is 6.08. The van der Waals surface area contributed by atoms with Crippen LogP contribution in [0.2, 0.25) is 0 Å². The standard InChI is InChI=1S/C7H7N5O2/c13-6-3-1-4(3)7(14)12(6)2-5-8-10-11-9-5/h3-4H,1-2H2,(H,8,9,10,11). The Labute approximate surface area is 78.5 Å². The molecule has 7 heteroatoms. The number of hydrogen-bond acceptors (Lipinski definition) is 5. The Morgan fingerprint density at radius 3 is 2.64 bits per heavy atom. The van der Waals surface area contributed by atoms with Crippen molar-refractivity contribution < 1.29 is 9.59 Å². The number of aromatic amines is 1. The lowest BCUT2D eigenvalue weighted by Gasteiger charge is -2.13. The summed E-state index contributed by atoms with van der Waals surface area (Å²) >= 11 is 0. The number of tetrazole rings is 1. The maximum absolute atomic E-state index is 11.5. The van der Waals surface area contributed by atoms with Gasteiger partial charge in [0.1, 0.15) is 0 Å². The fourth-order valence-corrected chi connectivity index (χ4v) is 1.80. The molecule has 1 aliphatic carbocycles. The van der Waals surface area contributed by atoms with E-state index in [1.54, 1.807) is 0 Å². The van der Waals surface area contributed by atoms with Crippen LogP contribution in [0.4, 0.5) is 0 Å². The molecule has 1 aromatic rings. The molecule has 0 radical (unpaired) electrons. The zero-order valence-corrected chi connectivity index (χ0v) is 7.17. The van der Waals surface area contributed by atoms with Gasteiger partial charge in [-0.05, 0) is 6.42 Å². The van der Waals surface area contributed by atoms with Gasteiger partial charge in [0, 0.05) is 0 Å². The Morgan fingerprint density at radius 1 is 1.36 bits per heavy atom. The van der Waals surface area contributed by atoms with Gasteiger partial charge in [-0.15, -0.1) is 10.2 Å². The molecule has 1 saturated carbocycles. The zero-order chi connectivity index (χ0) is 9.71.